The van der Waals surface area contributed by atoms with Crippen molar-refractivity contribution in [3.05, 3.63) is 36.1 Å². The fraction of sp³-hybridized carbons (Fsp3) is 0.833. The highest BCUT2D eigenvalue weighted by molar-refractivity contribution is 5.82. The van der Waals surface area contributed by atoms with Gasteiger partial charge in [-0.05, 0) is 63.9 Å². The second-order valence-electron chi connectivity index (χ2n) is 13.7. The molecule has 1 fully saturated rings. The van der Waals surface area contributed by atoms with E-state index in [0.29, 0.717) is 0 Å². The van der Waals surface area contributed by atoms with Gasteiger partial charge in [-0.15, -0.1) is 0 Å². The van der Waals surface area contributed by atoms with Crippen LogP contribution < -0.4 is 0 Å². The number of ether oxygens (including phenoxy) is 1. The van der Waals surface area contributed by atoms with Crippen LogP contribution in [-0.4, -0.2) is 5.97 Å². The predicted octanol–water partition coefficient (Wildman–Crippen LogP) is 14.7. The molecule has 0 N–H and O–H groups in total. The number of hydrogen-bond acceptors (Lipinski definition) is 2. The Labute approximate surface area is 276 Å². The molecule has 0 aromatic heterocycles. The summed E-state index contributed by atoms with van der Waals surface area (Å²) in [5, 5.41) is 0. The van der Waals surface area contributed by atoms with Gasteiger partial charge in [-0.2, -0.15) is 0 Å². The smallest absolute Gasteiger partial charge is 0.321 e. The summed E-state index contributed by atoms with van der Waals surface area (Å²) in [6, 6.07) is 0. The zero-order chi connectivity index (χ0) is 31.6. The number of carbonyl (C=O) groups is 1. The topological polar surface area (TPSA) is 26.3 Å². The van der Waals surface area contributed by atoms with Crippen LogP contribution >= 0.6 is 0 Å². The summed E-state index contributed by atoms with van der Waals surface area (Å²) >= 11 is 0. The highest BCUT2D eigenvalue weighted by Crippen LogP contribution is 2.32. The third-order valence-electron chi connectivity index (χ3n) is 9.44. The number of hydrogen-bond donors (Lipinski definition) is 0. The van der Waals surface area contributed by atoms with Crippen molar-refractivity contribution in [3.8, 4) is 0 Å². The highest BCUT2D eigenvalue weighted by atomic mass is 16.6. The lowest BCUT2D eigenvalue weighted by Crippen LogP contribution is -2.32. The van der Waals surface area contributed by atoms with Gasteiger partial charge in [-0.25, -0.2) is 0 Å². The Bertz CT molecular complexity index is 703. The third kappa shape index (κ3) is 26.0. The van der Waals surface area contributed by atoms with Crippen LogP contribution in [0.3, 0.4) is 0 Å². The maximum absolute atomic E-state index is 12.0. The number of carbonyl (C=O) groups excluding carboxylic acids is 1. The van der Waals surface area contributed by atoms with Gasteiger partial charge in [0.1, 0.15) is 11.7 Å². The van der Waals surface area contributed by atoms with Crippen molar-refractivity contribution in [2.45, 2.75) is 219 Å². The molecule has 1 aliphatic rings. The second-order valence-corrected chi connectivity index (χ2v) is 13.7. The van der Waals surface area contributed by atoms with E-state index in [9.17, 15) is 4.79 Å². The molecule has 1 atom stereocenters. The monoisotopic (exact) mass is 613 g/mol. The van der Waals surface area contributed by atoms with Gasteiger partial charge in [0.15, 0.2) is 0 Å². The lowest BCUT2D eigenvalue weighted by molar-refractivity contribution is -0.157. The van der Waals surface area contributed by atoms with Crippen molar-refractivity contribution in [2.75, 3.05) is 0 Å². The van der Waals surface area contributed by atoms with Gasteiger partial charge in [-0.1, -0.05) is 186 Å². The second kappa shape index (κ2) is 33.1. The zero-order valence-electron chi connectivity index (χ0n) is 29.9. The standard InChI is InChI=1S/C42H76O2/c1-3-5-7-9-11-13-15-17-19-21-23-25-27-29-31-33-35-37-39-41-40(42(43)44-41)38-36-34-32-30-28-26-24-22-20-18-16-14-12-10-8-6-4-2/h5-8,39-40H,3-4,9-38H2,1-2H3/b7-5+,8-6+,41-39+. The fourth-order valence-corrected chi connectivity index (χ4v) is 6.48. The van der Waals surface area contributed by atoms with Gasteiger partial charge in [0, 0.05) is 0 Å². The van der Waals surface area contributed by atoms with Crippen LogP contribution in [-0.2, 0) is 9.53 Å². The van der Waals surface area contributed by atoms with Crippen molar-refractivity contribution in [2.24, 2.45) is 5.92 Å². The van der Waals surface area contributed by atoms with Gasteiger partial charge in [0.25, 0.3) is 0 Å². The number of unbranched alkanes of at least 4 members (excludes halogenated alkanes) is 27. The molecule has 1 saturated heterocycles. The van der Waals surface area contributed by atoms with Crippen molar-refractivity contribution in [3.63, 3.8) is 0 Å². The number of allylic oxidation sites excluding steroid dienone is 5. The maximum Gasteiger partial charge on any atom is 0.321 e. The maximum atomic E-state index is 12.0. The van der Waals surface area contributed by atoms with E-state index >= 15 is 0 Å². The number of cyclic esters (lactones) is 1. The van der Waals surface area contributed by atoms with Crippen LogP contribution in [0.4, 0.5) is 0 Å². The van der Waals surface area contributed by atoms with Gasteiger partial charge in [-0.3, -0.25) is 4.79 Å². The van der Waals surface area contributed by atoms with Crippen LogP contribution in [0.5, 0.6) is 0 Å². The van der Waals surface area contributed by atoms with Crippen molar-refractivity contribution in [1.29, 1.82) is 0 Å². The first kappa shape index (κ1) is 40.7. The van der Waals surface area contributed by atoms with E-state index in [1.165, 1.54) is 193 Å². The molecule has 0 aromatic carbocycles. The molecule has 0 bridgehead atoms. The molecule has 44 heavy (non-hydrogen) atoms. The summed E-state index contributed by atoms with van der Waals surface area (Å²) in [7, 11) is 0. The first-order valence-electron chi connectivity index (χ1n) is 20.0. The molecule has 256 valence electrons. The van der Waals surface area contributed by atoms with Gasteiger partial charge >= 0.3 is 5.97 Å². The van der Waals surface area contributed by atoms with E-state index in [1.807, 2.05) is 0 Å². The number of rotatable bonds is 34. The molecule has 0 amide bonds. The van der Waals surface area contributed by atoms with Crippen LogP contribution in [0.15, 0.2) is 36.1 Å². The van der Waals surface area contributed by atoms with Gasteiger partial charge < -0.3 is 4.74 Å². The minimum absolute atomic E-state index is 0.0180. The minimum atomic E-state index is 0.0180. The van der Waals surface area contributed by atoms with Crippen molar-refractivity contribution in [1.82, 2.24) is 0 Å². The molecule has 1 rings (SSSR count). The minimum Gasteiger partial charge on any atom is -0.430 e. The molecule has 2 nitrogen and oxygen atoms in total. The summed E-state index contributed by atoms with van der Waals surface area (Å²) in [5.74, 6) is 1.08. The number of esters is 1. The van der Waals surface area contributed by atoms with E-state index < -0.39 is 0 Å². The Morgan fingerprint density at radius 1 is 0.432 bits per heavy atom. The Balaban J connectivity index is 1.82. The van der Waals surface area contributed by atoms with E-state index in [4.69, 9.17) is 4.74 Å². The summed E-state index contributed by atoms with van der Waals surface area (Å²) in [6.07, 6.45) is 54.3. The molecule has 1 heterocycles. The van der Waals surface area contributed by atoms with Crippen LogP contribution in [0.25, 0.3) is 0 Å². The summed E-state index contributed by atoms with van der Waals surface area (Å²) in [4.78, 5) is 12.0. The summed E-state index contributed by atoms with van der Waals surface area (Å²) in [5.41, 5.74) is 0. The quantitative estimate of drug-likeness (QED) is 0.0410. The SMILES string of the molecule is CC/C=C/CCCCCCCCCCCCCCC/C=C1/OC(=O)C1CCCCCCCCCCCCCCC/C=C/CC. The molecule has 0 aromatic rings. The van der Waals surface area contributed by atoms with E-state index in [0.717, 1.165) is 18.6 Å². The summed E-state index contributed by atoms with van der Waals surface area (Å²) < 4.78 is 5.39. The van der Waals surface area contributed by atoms with Gasteiger partial charge in [0.05, 0.1) is 0 Å². The average Bonchev–Trinajstić information content (AvgIpc) is 3.03. The van der Waals surface area contributed by atoms with Gasteiger partial charge in [0.2, 0.25) is 0 Å². The molecule has 0 aliphatic carbocycles. The first-order valence-corrected chi connectivity index (χ1v) is 20.0. The molecule has 0 saturated carbocycles. The molecule has 1 aliphatic heterocycles. The first-order chi connectivity index (χ1) is 21.8. The van der Waals surface area contributed by atoms with Crippen molar-refractivity contribution < 1.29 is 9.53 Å². The lowest BCUT2D eigenvalue weighted by Gasteiger charge is -2.28. The summed E-state index contributed by atoms with van der Waals surface area (Å²) in [6.45, 7) is 4.42. The molecular weight excluding hydrogens is 536 g/mol. The van der Waals surface area contributed by atoms with E-state index in [2.05, 4.69) is 44.2 Å². The zero-order valence-corrected chi connectivity index (χ0v) is 29.9. The van der Waals surface area contributed by atoms with Crippen LogP contribution in [0.2, 0.25) is 0 Å². The Morgan fingerprint density at radius 3 is 1.09 bits per heavy atom. The van der Waals surface area contributed by atoms with Crippen molar-refractivity contribution >= 4 is 5.97 Å². The Hall–Kier alpha value is -1.31. The average molecular weight is 613 g/mol. The van der Waals surface area contributed by atoms with Crippen LogP contribution in [0, 0.1) is 5.92 Å². The highest BCUT2D eigenvalue weighted by Gasteiger charge is 2.36. The molecule has 2 heteroatoms. The molecule has 1 unspecified atom stereocenters. The lowest BCUT2D eigenvalue weighted by atomic mass is 9.93. The Morgan fingerprint density at radius 2 is 0.750 bits per heavy atom. The fourth-order valence-electron chi connectivity index (χ4n) is 6.48. The van der Waals surface area contributed by atoms with Crippen LogP contribution in [0.1, 0.15) is 219 Å². The Kier molecular flexibility index (Phi) is 30.6. The molecule has 0 spiro atoms. The predicted molar refractivity (Wildman–Crippen MR) is 195 cm³/mol. The van der Waals surface area contributed by atoms with E-state index in [-0.39, 0.29) is 11.9 Å². The van der Waals surface area contributed by atoms with E-state index in [1.54, 1.807) is 0 Å². The normalized spacial score (nSPS) is 16.0. The molecular formula is C42H76O2. The molecule has 0 radical (unpaired) electrons. The third-order valence-corrected chi connectivity index (χ3v) is 9.44. The largest absolute Gasteiger partial charge is 0.430 e.